The molecule has 5 heteroatoms. The fourth-order valence-corrected chi connectivity index (χ4v) is 2.05. The highest BCUT2D eigenvalue weighted by molar-refractivity contribution is 9.09. The van der Waals surface area contributed by atoms with E-state index in [1.165, 1.54) is 0 Å². The Labute approximate surface area is 93.3 Å². The van der Waals surface area contributed by atoms with Gasteiger partial charge in [-0.2, -0.15) is 0 Å². The first-order chi connectivity index (χ1) is 6.77. The summed E-state index contributed by atoms with van der Waals surface area (Å²) < 4.78 is 0. The molecule has 1 atom stereocenters. The van der Waals surface area contributed by atoms with Gasteiger partial charge in [0.25, 0.3) is 0 Å². The number of nitrogens with two attached hydrogens (primary N) is 1. The molecule has 1 unspecified atom stereocenters. The van der Waals surface area contributed by atoms with Crippen LogP contribution in [-0.2, 0) is 4.79 Å². The van der Waals surface area contributed by atoms with Crippen molar-refractivity contribution in [1.82, 2.24) is 10.2 Å². The molecule has 1 amide bonds. The van der Waals surface area contributed by atoms with Crippen LogP contribution in [0.5, 0.6) is 0 Å². The van der Waals surface area contributed by atoms with E-state index in [9.17, 15) is 4.79 Å². The molecule has 0 spiro atoms. The molecule has 0 aromatic carbocycles. The first-order valence-corrected chi connectivity index (χ1v) is 6.14. The molecule has 82 valence electrons. The van der Waals surface area contributed by atoms with Crippen LogP contribution in [0.15, 0.2) is 0 Å². The number of likely N-dealkylation sites (tertiary alicyclic amines) is 1. The van der Waals surface area contributed by atoms with Crippen LogP contribution in [0, 0.1) is 5.92 Å². The summed E-state index contributed by atoms with van der Waals surface area (Å²) in [6, 6.07) is 0. The van der Waals surface area contributed by atoms with E-state index in [0.717, 1.165) is 31.5 Å². The SMILES string of the molecule is NCCNCCN1CC(CBr)CC1=O. The molecule has 1 aliphatic rings. The molecule has 0 radical (unpaired) electrons. The molecule has 3 N–H and O–H groups in total. The van der Waals surface area contributed by atoms with Crippen molar-refractivity contribution in [1.29, 1.82) is 0 Å². The minimum atomic E-state index is 0.281. The van der Waals surface area contributed by atoms with Crippen LogP contribution in [0.25, 0.3) is 0 Å². The van der Waals surface area contributed by atoms with Crippen molar-refractivity contribution in [2.24, 2.45) is 11.7 Å². The summed E-state index contributed by atoms with van der Waals surface area (Å²) in [7, 11) is 0. The van der Waals surface area contributed by atoms with Crippen molar-refractivity contribution in [3.05, 3.63) is 0 Å². The molecular weight excluding hydrogens is 246 g/mol. The Morgan fingerprint density at radius 2 is 2.36 bits per heavy atom. The van der Waals surface area contributed by atoms with Crippen LogP contribution in [0.3, 0.4) is 0 Å². The predicted octanol–water partition coefficient (Wildman–Crippen LogP) is -0.222. The molecule has 4 nitrogen and oxygen atoms in total. The fraction of sp³-hybridized carbons (Fsp3) is 0.889. The van der Waals surface area contributed by atoms with Crippen molar-refractivity contribution in [3.63, 3.8) is 0 Å². The zero-order valence-electron chi connectivity index (χ0n) is 8.34. The second-order valence-corrected chi connectivity index (χ2v) is 4.25. The van der Waals surface area contributed by atoms with Gasteiger partial charge in [-0.3, -0.25) is 4.79 Å². The summed E-state index contributed by atoms with van der Waals surface area (Å²) in [6.07, 6.45) is 0.697. The van der Waals surface area contributed by atoms with Gasteiger partial charge in [0.05, 0.1) is 0 Å². The molecular formula is C9H18BrN3O. The van der Waals surface area contributed by atoms with Gasteiger partial charge in [0.2, 0.25) is 5.91 Å². The molecule has 0 bridgehead atoms. The highest BCUT2D eigenvalue weighted by atomic mass is 79.9. The number of hydrogen-bond donors (Lipinski definition) is 2. The van der Waals surface area contributed by atoms with Gasteiger partial charge >= 0.3 is 0 Å². The van der Waals surface area contributed by atoms with Crippen LogP contribution in [0.2, 0.25) is 0 Å². The number of nitrogens with zero attached hydrogens (tertiary/aromatic N) is 1. The number of amides is 1. The maximum atomic E-state index is 11.5. The Morgan fingerprint density at radius 3 is 2.93 bits per heavy atom. The number of halogens is 1. The van der Waals surface area contributed by atoms with Crippen molar-refractivity contribution >= 4 is 21.8 Å². The molecule has 0 aromatic rings. The topological polar surface area (TPSA) is 58.4 Å². The molecule has 0 aromatic heterocycles. The lowest BCUT2D eigenvalue weighted by Crippen LogP contribution is -2.35. The quantitative estimate of drug-likeness (QED) is 0.515. The molecule has 0 aliphatic carbocycles. The smallest absolute Gasteiger partial charge is 0.222 e. The van der Waals surface area contributed by atoms with Gasteiger partial charge in [-0.15, -0.1) is 0 Å². The molecule has 0 saturated carbocycles. The first kappa shape index (κ1) is 11.9. The average molecular weight is 264 g/mol. The molecule has 1 heterocycles. The van der Waals surface area contributed by atoms with Gasteiger partial charge in [-0.25, -0.2) is 0 Å². The number of hydrogen-bond acceptors (Lipinski definition) is 3. The van der Waals surface area contributed by atoms with Crippen LogP contribution in [0.1, 0.15) is 6.42 Å². The summed E-state index contributed by atoms with van der Waals surface area (Å²) in [5, 5.41) is 4.11. The number of nitrogens with one attached hydrogen (secondary N) is 1. The summed E-state index contributed by atoms with van der Waals surface area (Å²) in [5.41, 5.74) is 5.34. The van der Waals surface area contributed by atoms with Gasteiger partial charge in [-0.05, 0) is 5.92 Å². The van der Waals surface area contributed by atoms with E-state index in [1.807, 2.05) is 4.90 Å². The van der Waals surface area contributed by atoms with Crippen LogP contribution >= 0.6 is 15.9 Å². The van der Waals surface area contributed by atoms with E-state index in [0.29, 0.717) is 18.9 Å². The van der Waals surface area contributed by atoms with E-state index in [2.05, 4.69) is 21.2 Å². The maximum absolute atomic E-state index is 11.5. The molecule has 1 aliphatic heterocycles. The minimum absolute atomic E-state index is 0.281. The maximum Gasteiger partial charge on any atom is 0.222 e. The third-order valence-electron chi connectivity index (χ3n) is 2.39. The van der Waals surface area contributed by atoms with Gasteiger partial charge in [0.1, 0.15) is 0 Å². The largest absolute Gasteiger partial charge is 0.341 e. The minimum Gasteiger partial charge on any atom is -0.341 e. The summed E-state index contributed by atoms with van der Waals surface area (Å²) in [4.78, 5) is 13.4. The van der Waals surface area contributed by atoms with Gasteiger partial charge in [0.15, 0.2) is 0 Å². The summed E-state index contributed by atoms with van der Waals surface area (Å²) in [6.45, 7) is 4.02. The predicted molar refractivity (Wildman–Crippen MR) is 60.4 cm³/mol. The molecule has 1 saturated heterocycles. The van der Waals surface area contributed by atoms with Crippen LogP contribution < -0.4 is 11.1 Å². The van der Waals surface area contributed by atoms with Crippen LogP contribution in [0.4, 0.5) is 0 Å². The third kappa shape index (κ3) is 3.55. The number of rotatable bonds is 6. The lowest BCUT2D eigenvalue weighted by Gasteiger charge is -2.16. The fourth-order valence-electron chi connectivity index (χ4n) is 1.61. The van der Waals surface area contributed by atoms with E-state index >= 15 is 0 Å². The highest BCUT2D eigenvalue weighted by Gasteiger charge is 2.27. The average Bonchev–Trinajstić information content (AvgIpc) is 2.54. The van der Waals surface area contributed by atoms with Crippen molar-refractivity contribution in [2.45, 2.75) is 6.42 Å². The van der Waals surface area contributed by atoms with E-state index < -0.39 is 0 Å². The zero-order valence-corrected chi connectivity index (χ0v) is 9.92. The standard InChI is InChI=1S/C9H18BrN3O/c10-6-8-5-9(14)13(7-8)4-3-12-2-1-11/h8,12H,1-7,11H2. The van der Waals surface area contributed by atoms with E-state index in [4.69, 9.17) is 5.73 Å². The van der Waals surface area contributed by atoms with Gasteiger partial charge in [-0.1, -0.05) is 15.9 Å². The lowest BCUT2D eigenvalue weighted by atomic mass is 10.2. The number of alkyl halides is 1. The third-order valence-corrected chi connectivity index (χ3v) is 3.31. The van der Waals surface area contributed by atoms with Crippen molar-refractivity contribution < 1.29 is 4.79 Å². The Balaban J connectivity index is 2.15. The van der Waals surface area contributed by atoms with Crippen molar-refractivity contribution in [2.75, 3.05) is 38.1 Å². The molecule has 1 rings (SSSR count). The van der Waals surface area contributed by atoms with Gasteiger partial charge in [0, 0.05) is 44.5 Å². The van der Waals surface area contributed by atoms with Crippen LogP contribution in [-0.4, -0.2) is 48.9 Å². The second kappa shape index (κ2) is 6.37. The molecule has 14 heavy (non-hydrogen) atoms. The highest BCUT2D eigenvalue weighted by Crippen LogP contribution is 2.18. The Morgan fingerprint density at radius 1 is 1.57 bits per heavy atom. The zero-order chi connectivity index (χ0) is 10.4. The molecule has 1 fully saturated rings. The Hall–Kier alpha value is -0.130. The monoisotopic (exact) mass is 263 g/mol. The van der Waals surface area contributed by atoms with Crippen molar-refractivity contribution in [3.8, 4) is 0 Å². The first-order valence-electron chi connectivity index (χ1n) is 5.02. The van der Waals surface area contributed by atoms with Gasteiger partial charge < -0.3 is 16.0 Å². The normalized spacial score (nSPS) is 22.0. The number of carbonyl (C=O) groups excluding carboxylic acids is 1. The number of carbonyl (C=O) groups is 1. The summed E-state index contributed by atoms with van der Waals surface area (Å²) >= 11 is 3.41. The summed E-state index contributed by atoms with van der Waals surface area (Å²) in [5.74, 6) is 0.779. The Bertz CT molecular complexity index is 189. The van der Waals surface area contributed by atoms with E-state index in [1.54, 1.807) is 0 Å². The van der Waals surface area contributed by atoms with E-state index in [-0.39, 0.29) is 5.91 Å². The second-order valence-electron chi connectivity index (χ2n) is 3.60. The lowest BCUT2D eigenvalue weighted by molar-refractivity contribution is -0.127. The Kier molecular flexibility index (Phi) is 5.44.